The molecule has 3 aliphatic heterocycles. The summed E-state index contributed by atoms with van der Waals surface area (Å²) < 4.78 is 101. The number of ether oxygens (including phenoxy) is 12. The van der Waals surface area contributed by atoms with Crippen molar-refractivity contribution < 1.29 is 104 Å². The van der Waals surface area contributed by atoms with Crippen LogP contribution < -0.4 is 29.6 Å². The minimum atomic E-state index is -1.27. The van der Waals surface area contributed by atoms with Crippen molar-refractivity contribution in [2.75, 3.05) is 60.8 Å². The number of nitrogens with zero attached hydrogens (tertiary/aromatic N) is 2. The molecule has 444 valence electrons. The Morgan fingerprint density at radius 1 is 0.756 bits per heavy atom. The highest BCUT2D eigenvalue weighted by Crippen LogP contribution is 2.35. The van der Waals surface area contributed by atoms with Crippen molar-refractivity contribution >= 4 is 41.7 Å². The number of aromatic nitrogens is 2. The van der Waals surface area contributed by atoms with Gasteiger partial charge in [0.2, 0.25) is 19.3 Å². The highest BCUT2D eigenvalue weighted by atomic mass is 19.1. The van der Waals surface area contributed by atoms with Crippen LogP contribution in [0.15, 0.2) is 59.3 Å². The van der Waals surface area contributed by atoms with Crippen LogP contribution in [0.1, 0.15) is 109 Å². The molecular weight excluding hydrogens is 1090 g/mol. The van der Waals surface area contributed by atoms with E-state index < -0.39 is 110 Å². The van der Waals surface area contributed by atoms with Gasteiger partial charge < -0.3 is 71.9 Å². The number of carbonyl (C=O) groups is 7. The van der Waals surface area contributed by atoms with Gasteiger partial charge in [0.25, 0.3) is 11.8 Å². The lowest BCUT2D eigenvalue weighted by atomic mass is 9.86. The first-order valence-electron chi connectivity index (χ1n) is 26.7. The van der Waals surface area contributed by atoms with Crippen LogP contribution in [0.3, 0.4) is 0 Å². The number of hydrogen-bond donors (Lipinski definition) is 2. The maximum Gasteiger partial charge on any atom is 0.374 e. The third-order valence-corrected chi connectivity index (χ3v) is 13.8. The number of cyclic esters (lactones) is 2. The zero-order valence-electron chi connectivity index (χ0n) is 45.9. The van der Waals surface area contributed by atoms with Crippen molar-refractivity contribution in [3.63, 3.8) is 0 Å². The predicted octanol–water partition coefficient (Wildman–Crippen LogP) is 5.34. The summed E-state index contributed by atoms with van der Waals surface area (Å²) in [5.41, 5.74) is -0.290. The van der Waals surface area contributed by atoms with Crippen LogP contribution in [0.5, 0.6) is 23.0 Å². The van der Waals surface area contributed by atoms with Crippen molar-refractivity contribution in [2.24, 2.45) is 11.8 Å². The van der Waals surface area contributed by atoms with Gasteiger partial charge in [0, 0.05) is 55.6 Å². The number of halogens is 2. The number of nitrogens with one attached hydrogen (secondary N) is 2. The quantitative estimate of drug-likeness (QED) is 0.0387. The summed E-state index contributed by atoms with van der Waals surface area (Å²) in [4.78, 5) is 102. The van der Waals surface area contributed by atoms with Crippen molar-refractivity contribution in [1.82, 2.24) is 20.6 Å². The number of amides is 2. The van der Waals surface area contributed by atoms with Crippen molar-refractivity contribution in [3.05, 3.63) is 95.0 Å². The van der Waals surface area contributed by atoms with Gasteiger partial charge in [-0.25, -0.2) is 42.7 Å². The van der Waals surface area contributed by atoms with E-state index in [9.17, 15) is 42.3 Å². The van der Waals surface area contributed by atoms with Gasteiger partial charge in [0.1, 0.15) is 55.2 Å². The Balaban J connectivity index is 0.957. The van der Waals surface area contributed by atoms with Crippen molar-refractivity contribution in [2.45, 2.75) is 115 Å². The van der Waals surface area contributed by atoms with Crippen LogP contribution in [0.4, 0.5) is 8.78 Å². The second-order valence-electron chi connectivity index (χ2n) is 19.3. The van der Waals surface area contributed by atoms with Crippen molar-refractivity contribution in [1.29, 1.82) is 0 Å². The molecule has 6 heterocycles. The molecule has 8 atom stereocenters. The Morgan fingerprint density at radius 2 is 1.41 bits per heavy atom. The lowest BCUT2D eigenvalue weighted by molar-refractivity contribution is -0.158. The molecule has 3 fully saturated rings. The fraction of sp³-hybridized carbons (Fsp3) is 0.518. The number of rotatable bonds is 24. The molecule has 3 saturated heterocycles. The lowest BCUT2D eigenvalue weighted by Crippen LogP contribution is -2.45. The molecule has 0 saturated carbocycles. The van der Waals surface area contributed by atoms with E-state index in [1.807, 2.05) is 0 Å². The van der Waals surface area contributed by atoms with Crippen LogP contribution >= 0.6 is 0 Å². The minimum absolute atomic E-state index is 0.00495. The third-order valence-electron chi connectivity index (χ3n) is 13.8. The van der Waals surface area contributed by atoms with Gasteiger partial charge in [-0.3, -0.25) is 9.59 Å². The highest BCUT2D eigenvalue weighted by molar-refractivity contribution is 5.99. The van der Waals surface area contributed by atoms with E-state index in [1.165, 1.54) is 63.9 Å². The molecule has 26 heteroatoms. The first-order chi connectivity index (χ1) is 39.6. The van der Waals surface area contributed by atoms with E-state index in [0.29, 0.717) is 13.0 Å². The van der Waals surface area contributed by atoms with E-state index in [4.69, 9.17) is 61.3 Å². The summed E-state index contributed by atoms with van der Waals surface area (Å²) in [5, 5.41) is 5.34. The van der Waals surface area contributed by atoms with E-state index in [2.05, 4.69) is 20.6 Å². The number of furan rings is 1. The van der Waals surface area contributed by atoms with Gasteiger partial charge >= 0.3 is 29.8 Å². The molecule has 3 aromatic heterocycles. The highest BCUT2D eigenvalue weighted by Gasteiger charge is 2.40. The number of pyridine rings is 2. The zero-order valence-corrected chi connectivity index (χ0v) is 45.9. The average molecular weight is 1150 g/mol. The van der Waals surface area contributed by atoms with E-state index >= 15 is 0 Å². The Labute approximate surface area is 470 Å². The first kappa shape index (κ1) is 61.6. The molecule has 0 spiro atoms. The van der Waals surface area contributed by atoms with Crippen LogP contribution in [0, 0.1) is 23.5 Å². The monoisotopic (exact) mass is 1150 g/mol. The zero-order chi connectivity index (χ0) is 58.7. The summed E-state index contributed by atoms with van der Waals surface area (Å²) in [6, 6.07) is 6.51. The second kappa shape index (κ2) is 30.2. The second-order valence-corrected chi connectivity index (χ2v) is 19.3. The molecule has 4 aromatic rings. The summed E-state index contributed by atoms with van der Waals surface area (Å²) >= 11 is 0. The first-order valence-corrected chi connectivity index (χ1v) is 26.7. The largest absolute Gasteiger partial charge is 0.493 e. The van der Waals surface area contributed by atoms with Crippen LogP contribution in [-0.4, -0.2) is 149 Å². The normalized spacial score (nSPS) is 21.9. The van der Waals surface area contributed by atoms with Gasteiger partial charge in [-0.1, -0.05) is 18.9 Å². The third kappa shape index (κ3) is 16.8. The van der Waals surface area contributed by atoms with Gasteiger partial charge in [-0.15, -0.1) is 0 Å². The van der Waals surface area contributed by atoms with Crippen LogP contribution in [0.2, 0.25) is 0 Å². The molecule has 2 amide bonds. The molecule has 82 heavy (non-hydrogen) atoms. The molecular formula is C56H66F2N4O20. The summed E-state index contributed by atoms with van der Waals surface area (Å²) in [7, 11) is 2.61. The Morgan fingerprint density at radius 3 is 2.07 bits per heavy atom. The molecule has 1 aromatic carbocycles. The molecule has 3 aliphatic rings. The molecule has 2 N–H and O–H groups in total. The Kier molecular flexibility index (Phi) is 22.7. The standard InChI is InChI=1S/C56H66F2N4O20/c1-6-72-27-44(63)76-30-79-51-43(71-5)26-37(60-47(51)53(66)62-40-12-7-10-33-18-23-75-48(33)31(2)80-54(40)67)19-22-73-28-45(64)77-29-78-50-41(70-4)17-20-59-46(50)52(65)61-39-13-8-11-35(24-34-15-16-36(57)25-38(34)58)49(32(3)81-55(39)68)82-56(69)42-14-9-21-74-42/h9,14-17,20-21,25-26,31-33,35,39-40,48-49H,6-8,10-13,18-19,22-24,27-30H2,1-5H3,(H,61,65)(H,62,66). The van der Waals surface area contributed by atoms with E-state index in [0.717, 1.165) is 25.0 Å². The fourth-order valence-corrected chi connectivity index (χ4v) is 9.71. The predicted molar refractivity (Wildman–Crippen MR) is 276 cm³/mol. The SMILES string of the molecule is CCOCC(=O)OCOc1c(OC)cc(CCOCC(=O)OCOc2c(OC)ccnc2C(=O)NC2CCCC(Cc3ccc(F)cc3F)C(OC(=O)c3ccco3)C(C)OC2=O)nc1C(=O)NC1CCCC2CCOC2C(C)OC1=O. The number of esters is 5. The number of fused-ring (bicyclic) bond motifs is 1. The number of carbonyl (C=O) groups excluding carboxylic acids is 7. The van der Waals surface area contributed by atoms with E-state index in [1.54, 1.807) is 13.8 Å². The van der Waals surface area contributed by atoms with Crippen LogP contribution in [-0.2, 0) is 69.9 Å². The number of benzene rings is 1. The smallest absolute Gasteiger partial charge is 0.374 e. The topological polar surface area (TPSA) is 293 Å². The number of methoxy groups -OCH3 is 2. The summed E-state index contributed by atoms with van der Waals surface area (Å²) in [6.45, 7) is 3.30. The fourth-order valence-electron chi connectivity index (χ4n) is 9.71. The Bertz CT molecular complexity index is 2860. The van der Waals surface area contributed by atoms with Crippen molar-refractivity contribution in [3.8, 4) is 23.0 Å². The van der Waals surface area contributed by atoms with Gasteiger partial charge in [-0.05, 0) is 89.0 Å². The van der Waals surface area contributed by atoms with E-state index in [-0.39, 0.29) is 122 Å². The molecule has 24 nitrogen and oxygen atoms in total. The van der Waals surface area contributed by atoms with Gasteiger partial charge in [0.05, 0.1) is 33.2 Å². The summed E-state index contributed by atoms with van der Waals surface area (Å²) in [5.74, 6) is -8.31. The lowest BCUT2D eigenvalue weighted by Gasteiger charge is -2.30. The molecule has 0 radical (unpaired) electrons. The summed E-state index contributed by atoms with van der Waals surface area (Å²) in [6.07, 6.45) is 2.42. The number of hydrogen-bond acceptors (Lipinski definition) is 22. The molecule has 0 bridgehead atoms. The van der Waals surface area contributed by atoms with Crippen LogP contribution in [0.25, 0.3) is 0 Å². The molecule has 7 rings (SSSR count). The minimum Gasteiger partial charge on any atom is -0.493 e. The maximum absolute atomic E-state index is 15.0. The van der Waals surface area contributed by atoms with Gasteiger partial charge in [-0.2, -0.15) is 0 Å². The van der Waals surface area contributed by atoms with Gasteiger partial charge in [0.15, 0.2) is 34.4 Å². The molecule has 0 aliphatic carbocycles. The maximum atomic E-state index is 15.0. The average Bonchev–Trinajstić information content (AvgIpc) is 4.32. The molecule has 8 unspecified atom stereocenters. The Hall–Kier alpha value is -7.97.